The highest BCUT2D eigenvalue weighted by Crippen LogP contribution is 2.09. The van der Waals surface area contributed by atoms with Crippen LogP contribution in [-0.2, 0) is 9.59 Å². The van der Waals surface area contributed by atoms with Gasteiger partial charge < -0.3 is 16.2 Å². The summed E-state index contributed by atoms with van der Waals surface area (Å²) < 4.78 is 0. The molecule has 0 saturated carbocycles. The number of carbonyl (C=O) groups excluding carboxylic acids is 2. The Morgan fingerprint density at radius 1 is 1.20 bits per heavy atom. The Bertz CT molecular complexity index is 499. The van der Waals surface area contributed by atoms with Crippen molar-refractivity contribution in [3.8, 4) is 0 Å². The molecule has 4 N–H and O–H groups in total. The van der Waals surface area contributed by atoms with E-state index < -0.39 is 11.9 Å². The molecule has 108 valence electrons. The van der Waals surface area contributed by atoms with Crippen LogP contribution < -0.4 is 11.1 Å². The van der Waals surface area contributed by atoms with Gasteiger partial charge in [0.15, 0.2) is 0 Å². The number of anilines is 1. The Kier molecular flexibility index (Phi) is 5.67. The number of hydrogen-bond donors (Lipinski definition) is 3. The monoisotopic (exact) mass is 279 g/mol. The molecule has 7 nitrogen and oxygen atoms in total. The van der Waals surface area contributed by atoms with Crippen molar-refractivity contribution in [1.29, 1.82) is 0 Å². The van der Waals surface area contributed by atoms with E-state index in [1.165, 1.54) is 17.0 Å². The number of likely N-dealkylation sites (N-methyl/N-ethyl adjacent to an activating group) is 1. The van der Waals surface area contributed by atoms with Gasteiger partial charge in [-0.1, -0.05) is 6.92 Å². The number of amides is 2. The first kappa shape index (κ1) is 15.6. The van der Waals surface area contributed by atoms with E-state index in [4.69, 9.17) is 10.8 Å². The number of nitrogens with two attached hydrogens (primary N) is 1. The Hall–Kier alpha value is -2.41. The number of aliphatic carboxylic acids is 1. The lowest BCUT2D eigenvalue weighted by molar-refractivity contribution is -0.138. The zero-order valence-electron chi connectivity index (χ0n) is 11.1. The van der Waals surface area contributed by atoms with Gasteiger partial charge in [0.2, 0.25) is 11.8 Å². The van der Waals surface area contributed by atoms with Crippen LogP contribution in [0.2, 0.25) is 0 Å². The first-order valence-electron chi connectivity index (χ1n) is 6.06. The van der Waals surface area contributed by atoms with E-state index >= 15 is 0 Å². The second kappa shape index (κ2) is 7.25. The van der Waals surface area contributed by atoms with Crippen molar-refractivity contribution in [2.45, 2.75) is 6.92 Å². The van der Waals surface area contributed by atoms with E-state index in [2.05, 4.69) is 5.32 Å². The van der Waals surface area contributed by atoms with Crippen molar-refractivity contribution in [2.24, 2.45) is 5.73 Å². The number of carbonyl (C=O) groups is 3. The fourth-order valence-corrected chi connectivity index (χ4v) is 1.59. The van der Waals surface area contributed by atoms with Gasteiger partial charge in [-0.2, -0.15) is 0 Å². The quantitative estimate of drug-likeness (QED) is 0.656. The number of benzene rings is 1. The molecule has 2 amide bonds. The maximum atomic E-state index is 11.7. The number of nitrogens with zero attached hydrogens (tertiary/aromatic N) is 1. The van der Waals surface area contributed by atoms with E-state index in [9.17, 15) is 14.4 Å². The molecule has 0 aliphatic carbocycles. The summed E-state index contributed by atoms with van der Waals surface area (Å²) in [6.45, 7) is 2.03. The smallest absolute Gasteiger partial charge is 0.317 e. The standard InChI is InChI=1S/C13H17N3O4/c1-2-16(8-12(18)19)7-11(17)15-10-5-3-9(4-6-10)13(14)20/h3-6H,2,7-8H2,1H3,(H2,14,20)(H,15,17)(H,18,19). The van der Waals surface area contributed by atoms with Crippen LogP contribution >= 0.6 is 0 Å². The molecule has 1 rings (SSSR count). The molecule has 1 aromatic rings. The number of carboxylic acids is 1. The van der Waals surface area contributed by atoms with E-state index in [0.717, 1.165) is 0 Å². The number of rotatable bonds is 7. The van der Waals surface area contributed by atoms with Gasteiger partial charge in [0.25, 0.3) is 0 Å². The molecular weight excluding hydrogens is 262 g/mol. The predicted molar refractivity (Wildman–Crippen MR) is 73.3 cm³/mol. The molecule has 7 heteroatoms. The Morgan fingerprint density at radius 2 is 1.80 bits per heavy atom. The van der Waals surface area contributed by atoms with Gasteiger partial charge in [-0.05, 0) is 30.8 Å². The van der Waals surface area contributed by atoms with E-state index in [0.29, 0.717) is 17.8 Å². The van der Waals surface area contributed by atoms with Crippen LogP contribution in [0.4, 0.5) is 5.69 Å². The van der Waals surface area contributed by atoms with Crippen LogP contribution in [-0.4, -0.2) is 47.4 Å². The summed E-state index contributed by atoms with van der Waals surface area (Å²) in [5, 5.41) is 11.3. The van der Waals surface area contributed by atoms with Gasteiger partial charge in [0.1, 0.15) is 0 Å². The van der Waals surface area contributed by atoms with Crippen molar-refractivity contribution in [3.63, 3.8) is 0 Å². The number of primary amides is 1. The van der Waals surface area contributed by atoms with Crippen molar-refractivity contribution in [3.05, 3.63) is 29.8 Å². The van der Waals surface area contributed by atoms with Crippen LogP contribution in [0.1, 0.15) is 17.3 Å². The minimum atomic E-state index is -0.981. The van der Waals surface area contributed by atoms with Crippen molar-refractivity contribution in [2.75, 3.05) is 25.0 Å². The van der Waals surface area contributed by atoms with Gasteiger partial charge in [-0.3, -0.25) is 19.3 Å². The molecule has 20 heavy (non-hydrogen) atoms. The summed E-state index contributed by atoms with van der Waals surface area (Å²) in [7, 11) is 0. The third kappa shape index (κ3) is 5.07. The van der Waals surface area contributed by atoms with Gasteiger partial charge in [-0.15, -0.1) is 0 Å². The highest BCUT2D eigenvalue weighted by atomic mass is 16.4. The Morgan fingerprint density at radius 3 is 2.25 bits per heavy atom. The lowest BCUT2D eigenvalue weighted by Gasteiger charge is -2.17. The summed E-state index contributed by atoms with van der Waals surface area (Å²) >= 11 is 0. The zero-order valence-corrected chi connectivity index (χ0v) is 11.1. The summed E-state index contributed by atoms with van der Waals surface area (Å²) in [6, 6.07) is 6.14. The minimum Gasteiger partial charge on any atom is -0.480 e. The van der Waals surface area contributed by atoms with Gasteiger partial charge in [0, 0.05) is 11.3 Å². The molecule has 0 aliphatic heterocycles. The second-order valence-corrected chi connectivity index (χ2v) is 4.19. The van der Waals surface area contributed by atoms with Gasteiger partial charge in [-0.25, -0.2) is 0 Å². The topological polar surface area (TPSA) is 113 Å². The van der Waals surface area contributed by atoms with Crippen LogP contribution in [0, 0.1) is 0 Å². The van der Waals surface area contributed by atoms with Crippen molar-refractivity contribution < 1.29 is 19.5 Å². The predicted octanol–water partition coefficient (Wildman–Crippen LogP) is 0.131. The molecule has 0 aromatic heterocycles. The van der Waals surface area contributed by atoms with Gasteiger partial charge in [0.05, 0.1) is 13.1 Å². The average molecular weight is 279 g/mol. The minimum absolute atomic E-state index is 0.0135. The molecule has 0 atom stereocenters. The lowest BCUT2D eigenvalue weighted by Crippen LogP contribution is -2.36. The lowest BCUT2D eigenvalue weighted by atomic mass is 10.2. The summed E-state index contributed by atoms with van der Waals surface area (Å²) in [4.78, 5) is 34.7. The molecule has 0 saturated heterocycles. The fourth-order valence-electron chi connectivity index (χ4n) is 1.59. The Labute approximate surface area is 116 Å². The van der Waals surface area contributed by atoms with Crippen LogP contribution in [0.5, 0.6) is 0 Å². The first-order chi connectivity index (χ1) is 9.42. The molecule has 1 aromatic carbocycles. The van der Waals surface area contributed by atoms with Crippen molar-refractivity contribution >= 4 is 23.5 Å². The number of hydrogen-bond acceptors (Lipinski definition) is 4. The Balaban J connectivity index is 2.57. The van der Waals surface area contributed by atoms with E-state index in [1.54, 1.807) is 19.1 Å². The van der Waals surface area contributed by atoms with Crippen LogP contribution in [0.15, 0.2) is 24.3 Å². The fraction of sp³-hybridized carbons (Fsp3) is 0.308. The molecule has 0 heterocycles. The molecule has 0 unspecified atom stereocenters. The molecule has 0 fully saturated rings. The van der Waals surface area contributed by atoms with Crippen LogP contribution in [0.25, 0.3) is 0 Å². The third-order valence-electron chi connectivity index (χ3n) is 2.63. The number of nitrogens with one attached hydrogen (secondary N) is 1. The summed E-state index contributed by atoms with van der Waals surface area (Å²) in [6.07, 6.45) is 0. The zero-order chi connectivity index (χ0) is 15.1. The molecule has 0 aliphatic rings. The SMILES string of the molecule is CCN(CC(=O)O)CC(=O)Nc1ccc(C(N)=O)cc1. The first-order valence-corrected chi connectivity index (χ1v) is 6.06. The molecule has 0 spiro atoms. The largest absolute Gasteiger partial charge is 0.480 e. The van der Waals surface area contributed by atoms with Gasteiger partial charge >= 0.3 is 5.97 Å². The maximum Gasteiger partial charge on any atom is 0.317 e. The summed E-state index contributed by atoms with van der Waals surface area (Å²) in [5.74, 6) is -1.84. The molecule has 0 radical (unpaired) electrons. The van der Waals surface area contributed by atoms with Crippen molar-refractivity contribution in [1.82, 2.24) is 4.90 Å². The average Bonchev–Trinajstić information content (AvgIpc) is 2.37. The second-order valence-electron chi connectivity index (χ2n) is 4.19. The molecular formula is C13H17N3O4. The summed E-state index contributed by atoms with van der Waals surface area (Å²) in [5.41, 5.74) is 5.98. The highest BCUT2D eigenvalue weighted by Gasteiger charge is 2.12. The van der Waals surface area contributed by atoms with E-state index in [1.807, 2.05) is 0 Å². The normalized spacial score (nSPS) is 10.3. The van der Waals surface area contributed by atoms with E-state index in [-0.39, 0.29) is 19.0 Å². The highest BCUT2D eigenvalue weighted by molar-refractivity contribution is 5.95. The number of carboxylic acid groups (broad SMARTS) is 1. The van der Waals surface area contributed by atoms with Crippen LogP contribution in [0.3, 0.4) is 0 Å². The third-order valence-corrected chi connectivity index (χ3v) is 2.63. The molecule has 0 bridgehead atoms. The maximum absolute atomic E-state index is 11.7.